The summed E-state index contributed by atoms with van der Waals surface area (Å²) in [6.45, 7) is 3.79. The number of aliphatic hydroxyl groups excluding tert-OH is 3. The van der Waals surface area contributed by atoms with Gasteiger partial charge < -0.3 is 34.3 Å². The van der Waals surface area contributed by atoms with Crippen LogP contribution in [0.1, 0.15) is 264 Å². The minimum Gasteiger partial charge on any atom is -0.462 e. The Labute approximate surface area is 421 Å². The van der Waals surface area contributed by atoms with Gasteiger partial charge in [-0.25, -0.2) is 0 Å². The number of rotatable bonds is 49. The van der Waals surface area contributed by atoms with Gasteiger partial charge in [0.05, 0.1) is 6.61 Å². The highest BCUT2D eigenvalue weighted by Crippen LogP contribution is 2.24. The monoisotopic (exact) mass is 1000 g/mol. The van der Waals surface area contributed by atoms with E-state index in [9.17, 15) is 37.9 Å². The Morgan fingerprint density at radius 2 is 0.855 bits per heavy atom. The number of esters is 2. The first-order valence-electron chi connectivity index (χ1n) is 28.4. The van der Waals surface area contributed by atoms with Crippen molar-refractivity contribution in [3.8, 4) is 0 Å². The summed E-state index contributed by atoms with van der Waals surface area (Å²) in [5.74, 6) is -2.02. The molecule has 2 unspecified atom stereocenters. The van der Waals surface area contributed by atoms with Gasteiger partial charge in [0.15, 0.2) is 12.4 Å². The summed E-state index contributed by atoms with van der Waals surface area (Å²) in [5.41, 5.74) is 0. The molecule has 1 rings (SSSR count). The number of allylic oxidation sites excluding steroid dienone is 4. The van der Waals surface area contributed by atoms with Crippen LogP contribution in [0.4, 0.5) is 0 Å². The van der Waals surface area contributed by atoms with Crippen molar-refractivity contribution in [2.75, 3.05) is 19.0 Å². The average molecular weight is 1000 g/mol. The van der Waals surface area contributed by atoms with Gasteiger partial charge in [-0.05, 0) is 44.9 Å². The van der Waals surface area contributed by atoms with E-state index in [2.05, 4.69) is 38.2 Å². The molecule has 0 aromatic rings. The second-order valence-electron chi connectivity index (χ2n) is 19.9. The smallest absolute Gasteiger partial charge is 0.306 e. The summed E-state index contributed by atoms with van der Waals surface area (Å²) in [4.78, 5) is 25.6. The van der Waals surface area contributed by atoms with Gasteiger partial charge in [0.25, 0.3) is 10.1 Å². The third-order valence-corrected chi connectivity index (χ3v) is 14.0. The van der Waals surface area contributed by atoms with Crippen LogP contribution in [-0.4, -0.2) is 96.0 Å². The maximum absolute atomic E-state index is 12.9. The summed E-state index contributed by atoms with van der Waals surface area (Å²) in [6.07, 6.45) is 45.2. The fraction of sp³-hybridized carbons (Fsp3) is 0.893. The van der Waals surface area contributed by atoms with Gasteiger partial charge in [-0.15, -0.1) is 0 Å². The van der Waals surface area contributed by atoms with Crippen LogP contribution < -0.4 is 0 Å². The SMILES string of the molecule is CCCCCCCCCCCCCCCC/C=C/CC/C=C/CCCC(=O)O[C@H](COC(=O)CCCCCCCCCCCCCCCCCCCC)CO[C@H]1O[C@H](CS(=O)(=O)O)[C@@H](O)C(O)C1O. The van der Waals surface area contributed by atoms with E-state index in [1.165, 1.54) is 180 Å². The van der Waals surface area contributed by atoms with Crippen molar-refractivity contribution in [2.45, 2.75) is 301 Å². The molecule has 0 aromatic carbocycles. The van der Waals surface area contributed by atoms with E-state index >= 15 is 0 Å². The first kappa shape index (κ1) is 65.1. The number of ether oxygens (including phenoxy) is 4. The molecule has 1 aliphatic rings. The lowest BCUT2D eigenvalue weighted by atomic mass is 10.00. The molecule has 13 heteroatoms. The Morgan fingerprint density at radius 1 is 0.478 bits per heavy atom. The third kappa shape index (κ3) is 40.3. The first-order chi connectivity index (χ1) is 33.5. The van der Waals surface area contributed by atoms with Gasteiger partial charge in [-0.3, -0.25) is 14.1 Å². The number of carbonyl (C=O) groups is 2. The summed E-state index contributed by atoms with van der Waals surface area (Å²) in [6, 6.07) is 0. The van der Waals surface area contributed by atoms with Crippen molar-refractivity contribution in [3.63, 3.8) is 0 Å². The quantitative estimate of drug-likeness (QED) is 0.0196. The van der Waals surface area contributed by atoms with Crippen LogP contribution in [-0.2, 0) is 38.7 Å². The Morgan fingerprint density at radius 3 is 1.29 bits per heavy atom. The minimum absolute atomic E-state index is 0.108. The van der Waals surface area contributed by atoms with Crippen LogP contribution in [0, 0.1) is 0 Å². The van der Waals surface area contributed by atoms with E-state index < -0.39 is 71.2 Å². The van der Waals surface area contributed by atoms with Crippen LogP contribution in [0.5, 0.6) is 0 Å². The summed E-state index contributed by atoms with van der Waals surface area (Å²) in [5, 5.41) is 31.0. The van der Waals surface area contributed by atoms with Crippen molar-refractivity contribution in [3.05, 3.63) is 24.3 Å². The molecule has 0 aliphatic carbocycles. The molecule has 1 fully saturated rings. The van der Waals surface area contributed by atoms with Gasteiger partial charge >= 0.3 is 11.9 Å². The van der Waals surface area contributed by atoms with Crippen LogP contribution in [0.25, 0.3) is 0 Å². The lowest BCUT2D eigenvalue weighted by Crippen LogP contribution is -2.60. The number of unbranched alkanes of at least 4 members (excludes halogenated alkanes) is 33. The Balaban J connectivity index is 2.34. The molecule has 0 amide bonds. The van der Waals surface area contributed by atoms with Crippen molar-refractivity contribution < 1.29 is 56.8 Å². The molecule has 1 aliphatic heterocycles. The lowest BCUT2D eigenvalue weighted by molar-refractivity contribution is -0.297. The molecule has 6 atom stereocenters. The largest absolute Gasteiger partial charge is 0.462 e. The zero-order chi connectivity index (χ0) is 50.5. The molecule has 12 nitrogen and oxygen atoms in total. The second-order valence-corrected chi connectivity index (χ2v) is 21.4. The number of hydrogen-bond acceptors (Lipinski definition) is 11. The average Bonchev–Trinajstić information content (AvgIpc) is 3.32. The zero-order valence-electron chi connectivity index (χ0n) is 43.9. The third-order valence-electron chi connectivity index (χ3n) is 13.3. The Hall–Kier alpha value is -1.87. The molecule has 4 N–H and O–H groups in total. The molecule has 0 bridgehead atoms. The lowest BCUT2D eigenvalue weighted by Gasteiger charge is -2.40. The van der Waals surface area contributed by atoms with Crippen molar-refractivity contribution in [1.29, 1.82) is 0 Å². The van der Waals surface area contributed by atoms with E-state index in [-0.39, 0.29) is 19.4 Å². The Kier molecular flexibility index (Phi) is 43.4. The van der Waals surface area contributed by atoms with E-state index in [4.69, 9.17) is 18.9 Å². The van der Waals surface area contributed by atoms with E-state index in [1.807, 2.05) is 0 Å². The van der Waals surface area contributed by atoms with Gasteiger partial charge in [-0.2, -0.15) is 8.42 Å². The number of hydrogen-bond donors (Lipinski definition) is 4. The second kappa shape index (κ2) is 46.0. The predicted molar refractivity (Wildman–Crippen MR) is 280 cm³/mol. The maximum Gasteiger partial charge on any atom is 0.306 e. The van der Waals surface area contributed by atoms with E-state index in [1.54, 1.807) is 0 Å². The van der Waals surface area contributed by atoms with Crippen LogP contribution >= 0.6 is 0 Å². The zero-order valence-corrected chi connectivity index (χ0v) is 44.8. The maximum atomic E-state index is 12.9. The van der Waals surface area contributed by atoms with Gasteiger partial charge in [0.2, 0.25) is 0 Å². The Bertz CT molecular complexity index is 1360. The van der Waals surface area contributed by atoms with Gasteiger partial charge in [0.1, 0.15) is 36.8 Å². The van der Waals surface area contributed by atoms with Crippen molar-refractivity contribution >= 4 is 22.1 Å². The first-order valence-corrected chi connectivity index (χ1v) is 30.0. The highest BCUT2D eigenvalue weighted by molar-refractivity contribution is 7.85. The minimum atomic E-state index is -4.61. The highest BCUT2D eigenvalue weighted by atomic mass is 32.2. The molecule has 0 aromatic heterocycles. The predicted octanol–water partition coefficient (Wildman–Crippen LogP) is 13.5. The molecule has 0 saturated carbocycles. The van der Waals surface area contributed by atoms with Crippen LogP contribution in [0.2, 0.25) is 0 Å². The molecule has 1 heterocycles. The van der Waals surface area contributed by atoms with Crippen LogP contribution in [0.15, 0.2) is 24.3 Å². The fourth-order valence-corrected chi connectivity index (χ4v) is 9.57. The van der Waals surface area contributed by atoms with Crippen LogP contribution in [0.3, 0.4) is 0 Å². The molecule has 0 spiro atoms. The standard InChI is InChI=1S/C56H104O12S/c1-3-5-7-9-11-13-15-17-19-21-23-24-25-26-27-29-31-33-35-37-39-41-43-45-52(58)67-49(47-66-56-55(61)54(60)53(59)50(68-56)48-69(62,63)64)46-65-51(57)44-42-40-38-36-34-32-30-28-22-20-18-16-14-12-10-8-6-4-2/h29,31,37,39,49-50,53-56,59-61H,3-28,30,32-36,38,40-48H2,1-2H3,(H,62,63,64)/b31-29+,39-37+/t49-,50-,53-,54?,55?,56+/m1/s1. The fourth-order valence-electron chi connectivity index (χ4n) is 8.88. The normalized spacial score (nSPS) is 19.2. The summed E-state index contributed by atoms with van der Waals surface area (Å²) >= 11 is 0. The van der Waals surface area contributed by atoms with E-state index in [0.29, 0.717) is 19.3 Å². The molecule has 1 saturated heterocycles. The molecule has 0 radical (unpaired) electrons. The highest BCUT2D eigenvalue weighted by Gasteiger charge is 2.46. The molecular formula is C56H104O12S. The summed E-state index contributed by atoms with van der Waals surface area (Å²) < 4.78 is 54.3. The number of carbonyl (C=O) groups excluding carboxylic acids is 2. The molecule has 406 valence electrons. The molecular weight excluding hydrogens is 897 g/mol. The van der Waals surface area contributed by atoms with E-state index in [0.717, 1.165) is 38.5 Å². The van der Waals surface area contributed by atoms with Crippen molar-refractivity contribution in [2.24, 2.45) is 0 Å². The number of aliphatic hydroxyl groups is 3. The molecule has 69 heavy (non-hydrogen) atoms. The topological polar surface area (TPSA) is 186 Å². The van der Waals surface area contributed by atoms with Gasteiger partial charge in [-0.1, -0.05) is 231 Å². The summed E-state index contributed by atoms with van der Waals surface area (Å²) in [7, 11) is -4.61. The van der Waals surface area contributed by atoms with Gasteiger partial charge in [0, 0.05) is 12.8 Å². The van der Waals surface area contributed by atoms with Crippen molar-refractivity contribution in [1.82, 2.24) is 0 Å².